The van der Waals surface area contributed by atoms with E-state index in [0.717, 1.165) is 5.56 Å². The maximum Gasteiger partial charge on any atom is 0.326 e. The Labute approximate surface area is 159 Å². The van der Waals surface area contributed by atoms with E-state index < -0.39 is 5.97 Å². The molecule has 1 aromatic carbocycles. The maximum absolute atomic E-state index is 12.7. The van der Waals surface area contributed by atoms with Gasteiger partial charge in [-0.3, -0.25) is 14.2 Å². The third kappa shape index (κ3) is 3.86. The summed E-state index contributed by atoms with van der Waals surface area (Å²) in [6, 6.07) is 8.43. The van der Waals surface area contributed by atoms with E-state index in [9.17, 15) is 9.59 Å². The molecule has 3 aromatic rings. The SMILES string of the molecule is CCCOC(=O)Cn1cnc2c(-c3ccc(Cl)cc3)nc(Cl)cc2c1=O. The lowest BCUT2D eigenvalue weighted by molar-refractivity contribution is -0.144. The molecule has 0 saturated heterocycles. The number of fused-ring (bicyclic) bond motifs is 1. The van der Waals surface area contributed by atoms with Gasteiger partial charge in [0.2, 0.25) is 0 Å². The van der Waals surface area contributed by atoms with Crippen molar-refractivity contribution in [2.75, 3.05) is 6.61 Å². The van der Waals surface area contributed by atoms with Crippen LogP contribution in [0.1, 0.15) is 13.3 Å². The van der Waals surface area contributed by atoms with E-state index in [0.29, 0.717) is 29.3 Å². The molecule has 6 nitrogen and oxygen atoms in total. The fourth-order valence-corrected chi connectivity index (χ4v) is 2.78. The number of pyridine rings is 1. The Morgan fingerprint density at radius 2 is 1.96 bits per heavy atom. The Kier molecular flexibility index (Phi) is 5.54. The minimum absolute atomic E-state index is 0.160. The summed E-state index contributed by atoms with van der Waals surface area (Å²) in [6.07, 6.45) is 2.02. The first-order chi connectivity index (χ1) is 12.5. The summed E-state index contributed by atoms with van der Waals surface area (Å²) < 4.78 is 6.21. The smallest absolute Gasteiger partial charge is 0.326 e. The summed E-state index contributed by atoms with van der Waals surface area (Å²) in [5.41, 5.74) is 1.22. The van der Waals surface area contributed by atoms with Crippen LogP contribution in [0.4, 0.5) is 0 Å². The summed E-state index contributed by atoms with van der Waals surface area (Å²) in [6.45, 7) is 1.99. The number of hydrogen-bond acceptors (Lipinski definition) is 5. The van der Waals surface area contributed by atoms with Gasteiger partial charge in [-0.05, 0) is 24.6 Å². The van der Waals surface area contributed by atoms with Crippen molar-refractivity contribution in [2.24, 2.45) is 0 Å². The molecule has 0 aliphatic heterocycles. The first-order valence-corrected chi connectivity index (χ1v) is 8.72. The van der Waals surface area contributed by atoms with Gasteiger partial charge in [0.15, 0.2) is 0 Å². The van der Waals surface area contributed by atoms with Crippen LogP contribution in [0.25, 0.3) is 22.2 Å². The molecule has 0 atom stereocenters. The van der Waals surface area contributed by atoms with Crippen molar-refractivity contribution >= 4 is 40.1 Å². The number of ether oxygens (including phenoxy) is 1. The zero-order chi connectivity index (χ0) is 18.7. The van der Waals surface area contributed by atoms with Gasteiger partial charge in [-0.1, -0.05) is 42.3 Å². The Hall–Kier alpha value is -2.44. The van der Waals surface area contributed by atoms with Gasteiger partial charge in [0, 0.05) is 10.6 Å². The molecule has 26 heavy (non-hydrogen) atoms. The van der Waals surface area contributed by atoms with Crippen LogP contribution in [-0.4, -0.2) is 27.1 Å². The van der Waals surface area contributed by atoms with Gasteiger partial charge < -0.3 is 4.74 Å². The van der Waals surface area contributed by atoms with Gasteiger partial charge >= 0.3 is 5.97 Å². The predicted molar refractivity (Wildman–Crippen MR) is 101 cm³/mol. The molecule has 0 spiro atoms. The van der Waals surface area contributed by atoms with E-state index in [4.69, 9.17) is 27.9 Å². The Morgan fingerprint density at radius 1 is 1.23 bits per heavy atom. The average molecular weight is 392 g/mol. The Balaban J connectivity index is 2.08. The highest BCUT2D eigenvalue weighted by molar-refractivity contribution is 6.31. The van der Waals surface area contributed by atoms with Crippen LogP contribution in [0, 0.1) is 0 Å². The Morgan fingerprint density at radius 3 is 2.65 bits per heavy atom. The maximum atomic E-state index is 12.7. The van der Waals surface area contributed by atoms with Crippen LogP contribution in [0.3, 0.4) is 0 Å². The van der Waals surface area contributed by atoms with E-state index in [-0.39, 0.29) is 22.6 Å². The minimum Gasteiger partial charge on any atom is -0.464 e. The van der Waals surface area contributed by atoms with Gasteiger partial charge in [-0.25, -0.2) is 9.97 Å². The highest BCUT2D eigenvalue weighted by Crippen LogP contribution is 2.27. The summed E-state index contributed by atoms with van der Waals surface area (Å²) >= 11 is 12.0. The fraction of sp³-hybridized carbons (Fsp3) is 0.222. The Bertz CT molecular complexity index is 1020. The van der Waals surface area contributed by atoms with E-state index in [1.54, 1.807) is 24.3 Å². The summed E-state index contributed by atoms with van der Waals surface area (Å²) in [4.78, 5) is 33.1. The number of esters is 1. The molecule has 0 unspecified atom stereocenters. The normalized spacial score (nSPS) is 10.9. The quantitative estimate of drug-likeness (QED) is 0.489. The number of carbonyl (C=O) groups excluding carboxylic acids is 1. The van der Waals surface area contributed by atoms with E-state index in [1.165, 1.54) is 17.0 Å². The molecule has 2 heterocycles. The molecule has 0 aliphatic rings. The van der Waals surface area contributed by atoms with Gasteiger partial charge in [-0.2, -0.15) is 0 Å². The first-order valence-electron chi connectivity index (χ1n) is 7.97. The summed E-state index contributed by atoms with van der Waals surface area (Å²) in [5.74, 6) is -0.492. The molecular formula is C18H15Cl2N3O3. The van der Waals surface area contributed by atoms with Gasteiger partial charge in [0.25, 0.3) is 5.56 Å². The average Bonchev–Trinajstić information content (AvgIpc) is 2.63. The molecule has 134 valence electrons. The van der Waals surface area contributed by atoms with E-state index >= 15 is 0 Å². The second kappa shape index (κ2) is 7.85. The molecule has 0 bridgehead atoms. The first kappa shape index (κ1) is 18.4. The van der Waals surface area contributed by atoms with E-state index in [2.05, 4.69) is 9.97 Å². The zero-order valence-electron chi connectivity index (χ0n) is 13.9. The fourth-order valence-electron chi connectivity index (χ4n) is 2.46. The van der Waals surface area contributed by atoms with Gasteiger partial charge in [-0.15, -0.1) is 0 Å². The monoisotopic (exact) mass is 391 g/mol. The van der Waals surface area contributed by atoms with Crippen LogP contribution in [0.5, 0.6) is 0 Å². The molecule has 8 heteroatoms. The molecule has 3 rings (SSSR count). The van der Waals surface area contributed by atoms with Crippen molar-refractivity contribution in [2.45, 2.75) is 19.9 Å². The second-order valence-corrected chi connectivity index (χ2v) is 6.42. The van der Waals surface area contributed by atoms with Crippen LogP contribution >= 0.6 is 23.2 Å². The second-order valence-electron chi connectivity index (χ2n) is 5.59. The summed E-state index contributed by atoms with van der Waals surface area (Å²) in [7, 11) is 0. The van der Waals surface area contributed by atoms with Crippen LogP contribution in [0.2, 0.25) is 10.2 Å². The van der Waals surface area contributed by atoms with Crippen molar-refractivity contribution in [1.29, 1.82) is 0 Å². The number of nitrogens with zero attached hydrogens (tertiary/aromatic N) is 3. The molecule has 0 fully saturated rings. The third-order valence-corrected chi connectivity index (χ3v) is 4.11. The standard InChI is InChI=1S/C18H15Cl2N3O3/c1-2-7-26-15(24)9-23-10-21-17-13(18(23)25)8-14(20)22-16(17)11-3-5-12(19)6-4-11/h3-6,8,10H,2,7,9H2,1H3. The number of rotatable bonds is 5. The highest BCUT2D eigenvalue weighted by Gasteiger charge is 2.15. The largest absolute Gasteiger partial charge is 0.464 e. The van der Waals surface area contributed by atoms with Gasteiger partial charge in [0.1, 0.15) is 17.2 Å². The molecular weight excluding hydrogens is 377 g/mol. The van der Waals surface area contributed by atoms with Crippen LogP contribution < -0.4 is 5.56 Å². The van der Waals surface area contributed by atoms with E-state index in [1.807, 2.05) is 6.92 Å². The topological polar surface area (TPSA) is 74.1 Å². The van der Waals surface area contributed by atoms with Crippen molar-refractivity contribution in [3.63, 3.8) is 0 Å². The lowest BCUT2D eigenvalue weighted by Crippen LogP contribution is -2.26. The van der Waals surface area contributed by atoms with Crippen molar-refractivity contribution in [1.82, 2.24) is 14.5 Å². The number of carbonyl (C=O) groups is 1. The molecule has 0 saturated carbocycles. The molecule has 0 radical (unpaired) electrons. The molecule has 0 N–H and O–H groups in total. The zero-order valence-corrected chi connectivity index (χ0v) is 15.4. The van der Waals surface area contributed by atoms with Crippen molar-refractivity contribution < 1.29 is 9.53 Å². The lowest BCUT2D eigenvalue weighted by Gasteiger charge is -2.09. The van der Waals surface area contributed by atoms with Crippen molar-refractivity contribution in [3.05, 3.63) is 57.2 Å². The number of aromatic nitrogens is 3. The van der Waals surface area contributed by atoms with Gasteiger partial charge in [0.05, 0.1) is 24.0 Å². The minimum atomic E-state index is -0.492. The molecule has 0 aliphatic carbocycles. The molecule has 2 aromatic heterocycles. The van der Waals surface area contributed by atoms with Crippen LogP contribution in [0.15, 0.2) is 41.5 Å². The van der Waals surface area contributed by atoms with Crippen LogP contribution in [-0.2, 0) is 16.1 Å². The lowest BCUT2D eigenvalue weighted by atomic mass is 10.1. The molecule has 0 amide bonds. The number of halogens is 2. The third-order valence-electron chi connectivity index (χ3n) is 3.66. The summed E-state index contributed by atoms with van der Waals surface area (Å²) in [5, 5.41) is 1.02. The number of hydrogen-bond donors (Lipinski definition) is 0. The van der Waals surface area contributed by atoms with Crippen molar-refractivity contribution in [3.8, 4) is 11.3 Å². The highest BCUT2D eigenvalue weighted by atomic mass is 35.5. The predicted octanol–water partition coefficient (Wildman–Crippen LogP) is 3.72. The number of benzene rings is 1.